The van der Waals surface area contributed by atoms with Crippen LogP contribution < -0.4 is 5.32 Å². The SMILES string of the molecule is CCCC1CNC(C(C)CC)CN1Cc1cccc(C)n1. The second-order valence-corrected chi connectivity index (χ2v) is 6.54. The largest absolute Gasteiger partial charge is 0.311 e. The minimum Gasteiger partial charge on any atom is -0.311 e. The molecule has 1 N–H and O–H groups in total. The Labute approximate surface area is 130 Å². The summed E-state index contributed by atoms with van der Waals surface area (Å²) >= 11 is 0. The molecule has 1 fully saturated rings. The van der Waals surface area contributed by atoms with Gasteiger partial charge >= 0.3 is 0 Å². The average molecular weight is 289 g/mol. The number of aryl methyl sites for hydroxylation is 1. The van der Waals surface area contributed by atoms with Gasteiger partial charge in [-0.25, -0.2) is 0 Å². The van der Waals surface area contributed by atoms with Gasteiger partial charge in [-0.3, -0.25) is 9.88 Å². The molecule has 1 aromatic rings. The molecule has 1 aliphatic heterocycles. The maximum Gasteiger partial charge on any atom is 0.0547 e. The Hall–Kier alpha value is -0.930. The Morgan fingerprint density at radius 1 is 1.38 bits per heavy atom. The Kier molecular flexibility index (Phi) is 6.19. The molecular formula is C18H31N3. The second kappa shape index (κ2) is 7.90. The van der Waals surface area contributed by atoms with Crippen LogP contribution in [0, 0.1) is 12.8 Å². The van der Waals surface area contributed by atoms with Crippen LogP contribution in [0.3, 0.4) is 0 Å². The van der Waals surface area contributed by atoms with Crippen LogP contribution in [0.25, 0.3) is 0 Å². The van der Waals surface area contributed by atoms with Crippen molar-refractivity contribution in [1.29, 1.82) is 0 Å². The monoisotopic (exact) mass is 289 g/mol. The molecule has 3 heteroatoms. The van der Waals surface area contributed by atoms with Crippen molar-refractivity contribution in [3.05, 3.63) is 29.6 Å². The minimum atomic E-state index is 0.618. The lowest BCUT2D eigenvalue weighted by atomic mass is 9.94. The summed E-state index contributed by atoms with van der Waals surface area (Å²) in [5.41, 5.74) is 2.33. The Bertz CT molecular complexity index is 432. The van der Waals surface area contributed by atoms with Crippen molar-refractivity contribution in [1.82, 2.24) is 15.2 Å². The summed E-state index contributed by atoms with van der Waals surface area (Å²) in [6.07, 6.45) is 3.76. The number of hydrogen-bond donors (Lipinski definition) is 1. The fourth-order valence-corrected chi connectivity index (χ4v) is 3.26. The highest BCUT2D eigenvalue weighted by Gasteiger charge is 2.29. The summed E-state index contributed by atoms with van der Waals surface area (Å²) in [6, 6.07) is 7.63. The molecule has 2 heterocycles. The van der Waals surface area contributed by atoms with Gasteiger partial charge in [0.2, 0.25) is 0 Å². The second-order valence-electron chi connectivity index (χ2n) is 6.54. The van der Waals surface area contributed by atoms with E-state index in [-0.39, 0.29) is 0 Å². The molecule has 0 radical (unpaired) electrons. The fraction of sp³-hybridized carbons (Fsp3) is 0.722. The number of nitrogens with one attached hydrogen (secondary N) is 1. The van der Waals surface area contributed by atoms with Gasteiger partial charge in [-0.1, -0.05) is 39.7 Å². The molecule has 1 aliphatic rings. The molecule has 3 atom stereocenters. The highest BCUT2D eigenvalue weighted by molar-refractivity contribution is 5.10. The molecular weight excluding hydrogens is 258 g/mol. The molecule has 0 spiro atoms. The third-order valence-electron chi connectivity index (χ3n) is 4.83. The van der Waals surface area contributed by atoms with E-state index in [2.05, 4.69) is 61.1 Å². The van der Waals surface area contributed by atoms with Gasteiger partial charge in [0.25, 0.3) is 0 Å². The molecule has 0 aliphatic carbocycles. The molecule has 118 valence electrons. The zero-order valence-electron chi connectivity index (χ0n) is 14.1. The number of rotatable bonds is 6. The standard InChI is InChI=1S/C18H31N3/c1-5-8-17-11-19-18(14(3)6-2)13-21(17)12-16-10-7-9-15(4)20-16/h7,9-10,14,17-19H,5-6,8,11-13H2,1-4H3. The van der Waals surface area contributed by atoms with Crippen LogP contribution >= 0.6 is 0 Å². The van der Waals surface area contributed by atoms with E-state index in [9.17, 15) is 0 Å². The first-order chi connectivity index (χ1) is 10.1. The van der Waals surface area contributed by atoms with Crippen LogP contribution in [0.4, 0.5) is 0 Å². The molecule has 1 aromatic heterocycles. The van der Waals surface area contributed by atoms with Crippen molar-refractivity contribution in [2.24, 2.45) is 5.92 Å². The van der Waals surface area contributed by atoms with Crippen LogP contribution in [-0.2, 0) is 6.54 Å². The number of piperazine rings is 1. The van der Waals surface area contributed by atoms with E-state index >= 15 is 0 Å². The Morgan fingerprint density at radius 2 is 2.19 bits per heavy atom. The van der Waals surface area contributed by atoms with E-state index in [4.69, 9.17) is 0 Å². The molecule has 1 saturated heterocycles. The number of hydrogen-bond acceptors (Lipinski definition) is 3. The number of aromatic nitrogens is 1. The van der Waals surface area contributed by atoms with Crippen LogP contribution in [0.1, 0.15) is 51.4 Å². The van der Waals surface area contributed by atoms with E-state index in [1.54, 1.807) is 0 Å². The van der Waals surface area contributed by atoms with Crippen LogP contribution in [0.15, 0.2) is 18.2 Å². The maximum absolute atomic E-state index is 4.69. The maximum atomic E-state index is 4.69. The lowest BCUT2D eigenvalue weighted by Crippen LogP contribution is -2.57. The zero-order valence-corrected chi connectivity index (χ0v) is 14.1. The number of nitrogens with zero attached hydrogens (tertiary/aromatic N) is 2. The van der Waals surface area contributed by atoms with Crippen LogP contribution in [0.2, 0.25) is 0 Å². The van der Waals surface area contributed by atoms with E-state index in [0.717, 1.165) is 31.2 Å². The first-order valence-electron chi connectivity index (χ1n) is 8.54. The highest BCUT2D eigenvalue weighted by atomic mass is 15.2. The van der Waals surface area contributed by atoms with E-state index in [1.807, 2.05) is 0 Å². The summed E-state index contributed by atoms with van der Waals surface area (Å²) in [6.45, 7) is 12.3. The lowest BCUT2D eigenvalue weighted by Gasteiger charge is -2.42. The molecule has 0 bridgehead atoms. The molecule has 0 amide bonds. The van der Waals surface area contributed by atoms with Crippen LogP contribution in [0.5, 0.6) is 0 Å². The molecule has 3 nitrogen and oxygen atoms in total. The first kappa shape index (κ1) is 16.4. The molecule has 0 saturated carbocycles. The van der Waals surface area contributed by atoms with Gasteiger partial charge < -0.3 is 5.32 Å². The van der Waals surface area contributed by atoms with Crippen molar-refractivity contribution in [3.8, 4) is 0 Å². The third-order valence-corrected chi connectivity index (χ3v) is 4.83. The smallest absolute Gasteiger partial charge is 0.0547 e. The third kappa shape index (κ3) is 4.52. The fourth-order valence-electron chi connectivity index (χ4n) is 3.26. The van der Waals surface area contributed by atoms with Crippen molar-refractivity contribution >= 4 is 0 Å². The summed E-state index contributed by atoms with van der Waals surface area (Å²) < 4.78 is 0. The summed E-state index contributed by atoms with van der Waals surface area (Å²) in [5, 5.41) is 3.77. The Morgan fingerprint density at radius 3 is 2.86 bits per heavy atom. The summed E-state index contributed by atoms with van der Waals surface area (Å²) in [7, 11) is 0. The van der Waals surface area contributed by atoms with Gasteiger partial charge in [0.1, 0.15) is 0 Å². The van der Waals surface area contributed by atoms with E-state index < -0.39 is 0 Å². The van der Waals surface area contributed by atoms with Crippen LogP contribution in [-0.4, -0.2) is 35.1 Å². The van der Waals surface area contributed by atoms with Crippen molar-refractivity contribution in [3.63, 3.8) is 0 Å². The van der Waals surface area contributed by atoms with Gasteiger partial charge in [-0.05, 0) is 31.4 Å². The van der Waals surface area contributed by atoms with E-state index in [1.165, 1.54) is 25.0 Å². The molecule has 21 heavy (non-hydrogen) atoms. The average Bonchev–Trinajstić information content (AvgIpc) is 2.48. The number of pyridine rings is 1. The summed E-state index contributed by atoms with van der Waals surface area (Å²) in [4.78, 5) is 7.34. The van der Waals surface area contributed by atoms with E-state index in [0.29, 0.717) is 12.1 Å². The first-order valence-corrected chi connectivity index (χ1v) is 8.54. The van der Waals surface area contributed by atoms with Gasteiger partial charge in [-0.15, -0.1) is 0 Å². The predicted octanol–water partition coefficient (Wildman–Crippen LogP) is 3.38. The zero-order chi connectivity index (χ0) is 15.2. The predicted molar refractivity (Wildman–Crippen MR) is 89.3 cm³/mol. The minimum absolute atomic E-state index is 0.618. The van der Waals surface area contributed by atoms with Crippen molar-refractivity contribution < 1.29 is 0 Å². The van der Waals surface area contributed by atoms with Gasteiger partial charge in [0, 0.05) is 37.4 Å². The van der Waals surface area contributed by atoms with Crippen molar-refractivity contribution in [2.75, 3.05) is 13.1 Å². The van der Waals surface area contributed by atoms with Gasteiger partial charge in [-0.2, -0.15) is 0 Å². The lowest BCUT2D eigenvalue weighted by molar-refractivity contribution is 0.0947. The quantitative estimate of drug-likeness (QED) is 0.870. The normalized spacial score (nSPS) is 25.0. The van der Waals surface area contributed by atoms with Gasteiger partial charge in [0.05, 0.1) is 5.69 Å². The summed E-state index contributed by atoms with van der Waals surface area (Å²) in [5.74, 6) is 0.737. The topological polar surface area (TPSA) is 28.2 Å². The van der Waals surface area contributed by atoms with Gasteiger partial charge in [0.15, 0.2) is 0 Å². The molecule has 2 rings (SSSR count). The molecule has 0 aromatic carbocycles. The highest BCUT2D eigenvalue weighted by Crippen LogP contribution is 2.20. The Balaban J connectivity index is 2.06. The van der Waals surface area contributed by atoms with Crippen molar-refractivity contribution in [2.45, 2.75) is 65.6 Å². The molecule has 3 unspecified atom stereocenters.